The Morgan fingerprint density at radius 1 is 1.09 bits per heavy atom. The highest BCUT2D eigenvalue weighted by Crippen LogP contribution is 2.38. The van der Waals surface area contributed by atoms with Crippen LogP contribution < -0.4 is 5.32 Å². The first-order valence-electron chi connectivity index (χ1n) is 10.4. The van der Waals surface area contributed by atoms with E-state index >= 15 is 0 Å². The fourth-order valence-corrected chi connectivity index (χ4v) is 6.49. The van der Waals surface area contributed by atoms with E-state index in [0.717, 1.165) is 39.7 Å². The summed E-state index contributed by atoms with van der Waals surface area (Å²) in [5.74, 6) is -0.131. The number of amides is 1. The second kappa shape index (κ2) is 8.18. The molecule has 32 heavy (non-hydrogen) atoms. The molecule has 1 saturated heterocycles. The van der Waals surface area contributed by atoms with Crippen molar-refractivity contribution in [2.24, 2.45) is 0 Å². The van der Waals surface area contributed by atoms with Gasteiger partial charge in [0, 0.05) is 11.4 Å². The molecule has 1 N–H and O–H groups in total. The Hall–Kier alpha value is -2.41. The molecule has 5 rings (SSSR count). The van der Waals surface area contributed by atoms with E-state index in [0.29, 0.717) is 28.5 Å². The molecule has 0 radical (unpaired) electrons. The predicted octanol–water partition coefficient (Wildman–Crippen LogP) is 4.95. The number of carbonyl (C=O) groups is 1. The fourth-order valence-electron chi connectivity index (χ4n) is 4.51. The molecular formula is C24H20Cl2N2O3S. The van der Waals surface area contributed by atoms with Crippen LogP contribution in [0.5, 0.6) is 0 Å². The summed E-state index contributed by atoms with van der Waals surface area (Å²) in [6.07, 6.45) is 3.91. The molecule has 1 fully saturated rings. The lowest BCUT2D eigenvalue weighted by molar-refractivity contribution is 0.0942. The fraction of sp³-hybridized carbons (Fsp3) is 0.250. The number of rotatable bonds is 3. The largest absolute Gasteiger partial charge is 0.348 e. The minimum absolute atomic E-state index is 0.00751. The molecule has 2 heterocycles. The van der Waals surface area contributed by atoms with Crippen molar-refractivity contribution < 1.29 is 13.2 Å². The number of allylic oxidation sites excluding steroid dienone is 1. The van der Waals surface area contributed by atoms with Crippen molar-refractivity contribution in [1.82, 2.24) is 10.3 Å². The second-order valence-electron chi connectivity index (χ2n) is 8.25. The van der Waals surface area contributed by atoms with Crippen molar-refractivity contribution in [3.63, 3.8) is 0 Å². The van der Waals surface area contributed by atoms with Crippen LogP contribution in [0, 0.1) is 0 Å². The smallest absolute Gasteiger partial charge is 0.252 e. The molecule has 1 aromatic heterocycles. The number of benzene rings is 2. The van der Waals surface area contributed by atoms with Gasteiger partial charge in [-0.2, -0.15) is 0 Å². The maximum absolute atomic E-state index is 13.3. The third-order valence-electron chi connectivity index (χ3n) is 6.02. The SMILES string of the molecule is O=C(NC1CCS(=O)(=O)C1)c1c2c(nc3ccccc13)/C(=C\c1ccc(Cl)c(Cl)c1)CC2. The Bertz CT molecular complexity index is 1400. The van der Waals surface area contributed by atoms with E-state index in [-0.39, 0.29) is 23.5 Å². The number of hydrogen-bond donors (Lipinski definition) is 1. The van der Waals surface area contributed by atoms with Gasteiger partial charge in [-0.15, -0.1) is 0 Å². The Morgan fingerprint density at radius 2 is 1.91 bits per heavy atom. The molecule has 1 unspecified atom stereocenters. The van der Waals surface area contributed by atoms with Crippen LogP contribution in [0.2, 0.25) is 10.0 Å². The summed E-state index contributed by atoms with van der Waals surface area (Å²) in [5.41, 5.74) is 4.97. The first kappa shape index (κ1) is 21.4. The number of hydrogen-bond acceptors (Lipinski definition) is 4. The van der Waals surface area contributed by atoms with E-state index < -0.39 is 9.84 Å². The summed E-state index contributed by atoms with van der Waals surface area (Å²) in [6.45, 7) is 0. The summed E-state index contributed by atoms with van der Waals surface area (Å²) >= 11 is 12.2. The zero-order valence-electron chi connectivity index (χ0n) is 17.1. The van der Waals surface area contributed by atoms with Crippen molar-refractivity contribution >= 4 is 61.5 Å². The summed E-state index contributed by atoms with van der Waals surface area (Å²) in [6, 6.07) is 12.7. The number of fused-ring (bicyclic) bond motifs is 2. The number of halogens is 2. The number of pyridine rings is 1. The van der Waals surface area contributed by atoms with Crippen LogP contribution in [0.1, 0.15) is 40.0 Å². The van der Waals surface area contributed by atoms with Crippen LogP contribution in [-0.2, 0) is 16.3 Å². The molecule has 0 saturated carbocycles. The van der Waals surface area contributed by atoms with E-state index in [2.05, 4.69) is 5.32 Å². The molecule has 5 nitrogen and oxygen atoms in total. The van der Waals surface area contributed by atoms with Gasteiger partial charge in [0.1, 0.15) is 0 Å². The average molecular weight is 487 g/mol. The van der Waals surface area contributed by atoms with Crippen molar-refractivity contribution in [2.45, 2.75) is 25.3 Å². The number of nitrogens with one attached hydrogen (secondary N) is 1. The Balaban J connectivity index is 1.58. The van der Waals surface area contributed by atoms with Gasteiger partial charge in [0.15, 0.2) is 9.84 Å². The first-order valence-corrected chi connectivity index (χ1v) is 13.0. The van der Waals surface area contributed by atoms with Gasteiger partial charge in [0.2, 0.25) is 0 Å². The van der Waals surface area contributed by atoms with Crippen molar-refractivity contribution in [1.29, 1.82) is 0 Å². The van der Waals surface area contributed by atoms with Crippen LogP contribution in [-0.4, -0.2) is 36.9 Å². The lowest BCUT2D eigenvalue weighted by Crippen LogP contribution is -2.36. The lowest BCUT2D eigenvalue weighted by Gasteiger charge is -2.15. The van der Waals surface area contributed by atoms with Crippen LogP contribution >= 0.6 is 23.2 Å². The van der Waals surface area contributed by atoms with E-state index in [1.807, 2.05) is 42.5 Å². The van der Waals surface area contributed by atoms with Gasteiger partial charge in [-0.25, -0.2) is 13.4 Å². The Morgan fingerprint density at radius 3 is 2.66 bits per heavy atom. The van der Waals surface area contributed by atoms with Crippen molar-refractivity contribution in [3.05, 3.63) is 74.9 Å². The highest BCUT2D eigenvalue weighted by molar-refractivity contribution is 7.91. The number of sulfone groups is 1. The monoisotopic (exact) mass is 486 g/mol. The lowest BCUT2D eigenvalue weighted by atomic mass is 9.99. The van der Waals surface area contributed by atoms with Crippen LogP contribution in [0.25, 0.3) is 22.6 Å². The van der Waals surface area contributed by atoms with E-state index in [1.165, 1.54) is 0 Å². The molecule has 0 bridgehead atoms. The minimum Gasteiger partial charge on any atom is -0.348 e. The maximum Gasteiger partial charge on any atom is 0.252 e. The van der Waals surface area contributed by atoms with E-state index in [4.69, 9.17) is 28.2 Å². The molecule has 1 aliphatic heterocycles. The summed E-state index contributed by atoms with van der Waals surface area (Å²) in [4.78, 5) is 18.2. The van der Waals surface area contributed by atoms with E-state index in [9.17, 15) is 13.2 Å². The number of carbonyl (C=O) groups excluding carboxylic acids is 1. The van der Waals surface area contributed by atoms with Crippen LogP contribution in [0.15, 0.2) is 42.5 Å². The molecule has 8 heteroatoms. The zero-order chi connectivity index (χ0) is 22.5. The van der Waals surface area contributed by atoms with E-state index in [1.54, 1.807) is 6.07 Å². The van der Waals surface area contributed by atoms with Crippen molar-refractivity contribution in [3.8, 4) is 0 Å². The van der Waals surface area contributed by atoms with Gasteiger partial charge in [0.25, 0.3) is 5.91 Å². The molecule has 2 aliphatic rings. The summed E-state index contributed by atoms with van der Waals surface area (Å²) in [7, 11) is -3.08. The minimum atomic E-state index is -3.08. The third kappa shape index (κ3) is 4.03. The number of para-hydroxylation sites is 1. The normalized spacial score (nSPS) is 20.6. The summed E-state index contributed by atoms with van der Waals surface area (Å²) in [5, 5.41) is 4.71. The van der Waals surface area contributed by atoms with Crippen LogP contribution in [0.4, 0.5) is 0 Å². The number of aromatic nitrogens is 1. The number of nitrogens with zero attached hydrogens (tertiary/aromatic N) is 1. The molecule has 1 atom stereocenters. The van der Waals surface area contributed by atoms with Gasteiger partial charge >= 0.3 is 0 Å². The molecule has 1 aliphatic carbocycles. The van der Waals surface area contributed by atoms with Gasteiger partial charge in [0.05, 0.1) is 38.3 Å². The molecule has 1 amide bonds. The molecule has 3 aromatic rings. The molecular weight excluding hydrogens is 467 g/mol. The topological polar surface area (TPSA) is 76.1 Å². The predicted molar refractivity (Wildman–Crippen MR) is 129 cm³/mol. The third-order valence-corrected chi connectivity index (χ3v) is 8.53. The Kier molecular flexibility index (Phi) is 5.48. The quantitative estimate of drug-likeness (QED) is 0.568. The molecule has 2 aromatic carbocycles. The highest BCUT2D eigenvalue weighted by atomic mass is 35.5. The molecule has 164 valence electrons. The van der Waals surface area contributed by atoms with Gasteiger partial charge in [-0.3, -0.25) is 4.79 Å². The van der Waals surface area contributed by atoms with Crippen molar-refractivity contribution in [2.75, 3.05) is 11.5 Å². The average Bonchev–Trinajstić information content (AvgIpc) is 3.31. The van der Waals surface area contributed by atoms with Gasteiger partial charge in [-0.05, 0) is 60.2 Å². The van der Waals surface area contributed by atoms with Gasteiger partial charge < -0.3 is 5.32 Å². The second-order valence-corrected chi connectivity index (χ2v) is 11.3. The Labute approximate surface area is 196 Å². The summed E-state index contributed by atoms with van der Waals surface area (Å²) < 4.78 is 23.7. The van der Waals surface area contributed by atoms with Crippen LogP contribution in [0.3, 0.4) is 0 Å². The standard InChI is InChI=1S/C24H20Cl2N2O3S/c25-19-8-5-14(12-20(19)26)11-15-6-7-18-22(17-3-1-2-4-21(17)28-23(15)18)24(29)27-16-9-10-32(30,31)13-16/h1-5,8,11-12,16H,6-7,9-10,13H2,(H,27,29)/b15-11-. The highest BCUT2D eigenvalue weighted by Gasteiger charge is 2.32. The maximum atomic E-state index is 13.3. The zero-order valence-corrected chi connectivity index (χ0v) is 19.4. The first-order chi connectivity index (χ1) is 15.3. The van der Waals surface area contributed by atoms with Gasteiger partial charge in [-0.1, -0.05) is 47.5 Å². The molecule has 0 spiro atoms.